The van der Waals surface area contributed by atoms with E-state index < -0.39 is 0 Å². The summed E-state index contributed by atoms with van der Waals surface area (Å²) in [5.41, 5.74) is 1.91. The number of thioether (sulfide) groups is 1. The molecule has 5 heteroatoms. The zero-order valence-corrected chi connectivity index (χ0v) is 18.2. The Morgan fingerprint density at radius 3 is 2.50 bits per heavy atom. The lowest BCUT2D eigenvalue weighted by molar-refractivity contribution is -0.124. The lowest BCUT2D eigenvalue weighted by atomic mass is 9.85. The van der Waals surface area contributed by atoms with Crippen LogP contribution in [0.5, 0.6) is 0 Å². The molecule has 0 unspecified atom stereocenters. The molecule has 0 N–H and O–H groups in total. The first-order valence-corrected chi connectivity index (χ1v) is 11.4. The summed E-state index contributed by atoms with van der Waals surface area (Å²) in [4.78, 5) is 20.9. The van der Waals surface area contributed by atoms with Gasteiger partial charge in [0, 0.05) is 10.5 Å². The van der Waals surface area contributed by atoms with Gasteiger partial charge in [0.15, 0.2) is 5.17 Å². The highest BCUT2D eigenvalue weighted by Crippen LogP contribution is 2.40. The van der Waals surface area contributed by atoms with E-state index >= 15 is 0 Å². The smallest absolute Gasteiger partial charge is 0.267 e. The van der Waals surface area contributed by atoms with Crippen LogP contribution in [0.1, 0.15) is 38.2 Å². The third kappa shape index (κ3) is 4.26. The maximum absolute atomic E-state index is 13.4. The predicted molar refractivity (Wildman–Crippen MR) is 122 cm³/mol. The summed E-state index contributed by atoms with van der Waals surface area (Å²) in [6, 6.07) is 18.2. The Balaban J connectivity index is 1.71. The molecule has 4 rings (SSSR count). The minimum absolute atomic E-state index is 0.0846. The number of aliphatic imine (C=N–C) groups is 1. The minimum Gasteiger partial charge on any atom is -0.283 e. The van der Waals surface area contributed by atoms with Gasteiger partial charge in [0.25, 0.3) is 5.91 Å². The monoisotopic (exact) mass is 454 g/mol. The molecular formula is C23H23BrN2OS. The van der Waals surface area contributed by atoms with Crippen LogP contribution in [-0.2, 0) is 4.79 Å². The van der Waals surface area contributed by atoms with Crippen LogP contribution in [0.4, 0.5) is 5.69 Å². The first kappa shape index (κ1) is 19.5. The molecule has 0 spiro atoms. The van der Waals surface area contributed by atoms with E-state index in [1.54, 1.807) is 0 Å². The Kier molecular flexibility index (Phi) is 6.02. The molecule has 1 saturated carbocycles. The molecule has 1 amide bonds. The van der Waals surface area contributed by atoms with Crippen LogP contribution in [0.25, 0.3) is 6.08 Å². The maximum Gasteiger partial charge on any atom is 0.267 e. The molecule has 2 atom stereocenters. The fraction of sp³-hybridized carbons (Fsp3) is 0.304. The Morgan fingerprint density at radius 2 is 1.79 bits per heavy atom. The highest BCUT2D eigenvalue weighted by molar-refractivity contribution is 9.10. The van der Waals surface area contributed by atoms with Crippen LogP contribution in [0.15, 0.2) is 69.0 Å². The molecule has 2 fully saturated rings. The fourth-order valence-corrected chi connectivity index (χ4v) is 5.17. The second-order valence-corrected chi connectivity index (χ2v) is 9.32. The molecule has 0 radical (unpaired) electrons. The predicted octanol–water partition coefficient (Wildman–Crippen LogP) is 6.63. The van der Waals surface area contributed by atoms with Gasteiger partial charge < -0.3 is 0 Å². The largest absolute Gasteiger partial charge is 0.283 e. The van der Waals surface area contributed by atoms with Crippen molar-refractivity contribution in [3.63, 3.8) is 0 Å². The van der Waals surface area contributed by atoms with Crippen LogP contribution in [0.2, 0.25) is 0 Å². The topological polar surface area (TPSA) is 32.7 Å². The summed E-state index contributed by atoms with van der Waals surface area (Å²) in [6.07, 6.45) is 6.62. The number of halogens is 1. The van der Waals surface area contributed by atoms with Crippen molar-refractivity contribution in [2.24, 2.45) is 10.9 Å². The van der Waals surface area contributed by atoms with Gasteiger partial charge in [0.1, 0.15) is 0 Å². The van der Waals surface area contributed by atoms with E-state index in [1.807, 2.05) is 65.6 Å². The normalized spacial score (nSPS) is 25.6. The molecule has 2 aromatic carbocycles. The van der Waals surface area contributed by atoms with Crippen LogP contribution >= 0.6 is 27.7 Å². The van der Waals surface area contributed by atoms with Crippen molar-refractivity contribution >= 4 is 50.5 Å². The number of hydrogen-bond donors (Lipinski definition) is 0. The Labute approximate surface area is 179 Å². The van der Waals surface area contributed by atoms with E-state index in [9.17, 15) is 4.79 Å². The molecule has 2 aromatic rings. The number of nitrogens with zero attached hydrogens (tertiary/aromatic N) is 2. The van der Waals surface area contributed by atoms with Crippen LogP contribution in [0, 0.1) is 5.92 Å². The molecular weight excluding hydrogens is 432 g/mol. The Morgan fingerprint density at radius 1 is 1.07 bits per heavy atom. The molecule has 1 aliphatic carbocycles. The average molecular weight is 455 g/mol. The number of rotatable bonds is 3. The van der Waals surface area contributed by atoms with Crippen molar-refractivity contribution in [2.75, 3.05) is 0 Å². The van der Waals surface area contributed by atoms with Gasteiger partial charge in [0.2, 0.25) is 0 Å². The summed E-state index contributed by atoms with van der Waals surface area (Å²) < 4.78 is 1.03. The molecule has 1 heterocycles. The number of hydrogen-bond acceptors (Lipinski definition) is 3. The standard InChI is InChI=1S/C23H23BrN2OS/c1-16-7-5-6-10-20(16)26-22(27)21(15-17-11-13-18(24)14-12-17)28-23(26)25-19-8-3-2-4-9-19/h2-4,8-9,11-16,20H,5-7,10H2,1H3/b21-15-,25-23?/t16-,20-/m0/s1. The zero-order valence-electron chi connectivity index (χ0n) is 15.8. The lowest BCUT2D eigenvalue weighted by Gasteiger charge is -2.35. The van der Waals surface area contributed by atoms with Crippen molar-refractivity contribution < 1.29 is 4.79 Å². The van der Waals surface area contributed by atoms with E-state index in [0.717, 1.165) is 32.2 Å². The van der Waals surface area contributed by atoms with E-state index in [-0.39, 0.29) is 11.9 Å². The van der Waals surface area contributed by atoms with Gasteiger partial charge >= 0.3 is 0 Å². The number of benzene rings is 2. The first-order chi connectivity index (χ1) is 13.6. The van der Waals surface area contributed by atoms with Crippen molar-refractivity contribution in [3.8, 4) is 0 Å². The van der Waals surface area contributed by atoms with Gasteiger partial charge in [-0.2, -0.15) is 0 Å². The molecule has 3 nitrogen and oxygen atoms in total. The summed E-state index contributed by atoms with van der Waals surface area (Å²) in [5.74, 6) is 0.577. The number of para-hydroxylation sites is 1. The fourth-order valence-electron chi connectivity index (χ4n) is 3.86. The van der Waals surface area contributed by atoms with Crippen molar-refractivity contribution in [1.29, 1.82) is 0 Å². The molecule has 2 aliphatic rings. The third-order valence-electron chi connectivity index (χ3n) is 5.38. The van der Waals surface area contributed by atoms with E-state index in [0.29, 0.717) is 5.92 Å². The first-order valence-electron chi connectivity index (χ1n) is 9.74. The molecule has 144 valence electrons. The van der Waals surface area contributed by atoms with E-state index in [4.69, 9.17) is 4.99 Å². The van der Waals surface area contributed by atoms with Gasteiger partial charge in [-0.25, -0.2) is 4.99 Å². The van der Waals surface area contributed by atoms with E-state index in [1.165, 1.54) is 31.0 Å². The summed E-state index contributed by atoms with van der Waals surface area (Å²) in [5, 5.41) is 0.804. The quantitative estimate of drug-likeness (QED) is 0.487. The van der Waals surface area contributed by atoms with Crippen LogP contribution < -0.4 is 0 Å². The lowest BCUT2D eigenvalue weighted by Crippen LogP contribution is -2.44. The van der Waals surface area contributed by atoms with Crippen molar-refractivity contribution in [2.45, 2.75) is 38.6 Å². The van der Waals surface area contributed by atoms with Gasteiger partial charge in [-0.15, -0.1) is 0 Å². The van der Waals surface area contributed by atoms with Crippen molar-refractivity contribution in [1.82, 2.24) is 4.90 Å². The maximum atomic E-state index is 13.4. The zero-order chi connectivity index (χ0) is 19.5. The summed E-state index contributed by atoms with van der Waals surface area (Å²) >= 11 is 4.96. The molecule has 28 heavy (non-hydrogen) atoms. The summed E-state index contributed by atoms with van der Waals surface area (Å²) in [7, 11) is 0. The third-order valence-corrected chi connectivity index (χ3v) is 6.90. The van der Waals surface area contributed by atoms with Crippen LogP contribution in [0.3, 0.4) is 0 Å². The number of carbonyl (C=O) groups is 1. The molecule has 1 saturated heterocycles. The van der Waals surface area contributed by atoms with Crippen molar-refractivity contribution in [3.05, 3.63) is 69.5 Å². The highest BCUT2D eigenvalue weighted by atomic mass is 79.9. The summed E-state index contributed by atoms with van der Waals surface area (Å²) in [6.45, 7) is 2.26. The van der Waals surface area contributed by atoms with Gasteiger partial charge in [-0.3, -0.25) is 9.69 Å². The second kappa shape index (κ2) is 8.66. The average Bonchev–Trinajstić information content (AvgIpc) is 3.00. The van der Waals surface area contributed by atoms with E-state index in [2.05, 4.69) is 22.9 Å². The molecule has 0 bridgehead atoms. The SMILES string of the molecule is C[C@H]1CCCC[C@@H]1N1C(=O)/C(=C/c2ccc(Br)cc2)SC1=Nc1ccccc1. The second-order valence-electron chi connectivity index (χ2n) is 7.40. The molecule has 1 aliphatic heterocycles. The number of amidine groups is 1. The van der Waals surface area contributed by atoms with Gasteiger partial charge in [-0.1, -0.05) is 66.0 Å². The van der Waals surface area contributed by atoms with Gasteiger partial charge in [0.05, 0.1) is 10.6 Å². The highest BCUT2D eigenvalue weighted by Gasteiger charge is 2.40. The van der Waals surface area contributed by atoms with Crippen LogP contribution in [-0.4, -0.2) is 22.0 Å². The number of carbonyl (C=O) groups excluding carboxylic acids is 1. The Bertz CT molecular complexity index is 908. The molecule has 0 aromatic heterocycles. The Hall–Kier alpha value is -1.85. The number of amides is 1. The van der Waals surface area contributed by atoms with Gasteiger partial charge in [-0.05, 0) is 66.4 Å². The minimum atomic E-state index is 0.0846.